The lowest BCUT2D eigenvalue weighted by Crippen LogP contribution is -2.54. The summed E-state index contributed by atoms with van der Waals surface area (Å²) >= 11 is 0. The van der Waals surface area contributed by atoms with Crippen molar-refractivity contribution in [3.8, 4) is 0 Å². The lowest BCUT2D eigenvalue weighted by atomic mass is 9.60. The van der Waals surface area contributed by atoms with E-state index in [-0.39, 0.29) is 0 Å². The van der Waals surface area contributed by atoms with Gasteiger partial charge in [-0.15, -0.1) is 6.58 Å². The smallest absolute Gasteiger partial charge is 0.0589 e. The van der Waals surface area contributed by atoms with Crippen LogP contribution in [0.4, 0.5) is 0 Å². The van der Waals surface area contributed by atoms with Crippen LogP contribution in [0.25, 0.3) is 6.08 Å². The van der Waals surface area contributed by atoms with Crippen LogP contribution in [-0.2, 0) is 4.74 Å². The molecule has 194 valence electrons. The number of benzene rings is 1. The Kier molecular flexibility index (Phi) is 15.4. The van der Waals surface area contributed by atoms with E-state index in [4.69, 9.17) is 4.74 Å². The average Bonchev–Trinajstić information content (AvgIpc) is 3.63. The third-order valence-corrected chi connectivity index (χ3v) is 7.16. The molecule has 1 saturated heterocycles. The summed E-state index contributed by atoms with van der Waals surface area (Å²) < 4.78 is 5.22. The molecule has 1 N–H and O–H groups in total. The van der Waals surface area contributed by atoms with Crippen LogP contribution in [0.1, 0.15) is 85.6 Å². The lowest BCUT2D eigenvalue weighted by Gasteiger charge is -2.52. The van der Waals surface area contributed by atoms with Gasteiger partial charge in [0.25, 0.3) is 0 Å². The molecule has 2 saturated carbocycles. The van der Waals surface area contributed by atoms with Gasteiger partial charge in [0, 0.05) is 25.7 Å². The van der Waals surface area contributed by atoms with Crippen molar-refractivity contribution in [2.45, 2.75) is 92.2 Å². The van der Waals surface area contributed by atoms with Crippen LogP contribution in [0, 0.1) is 11.3 Å². The predicted molar refractivity (Wildman–Crippen MR) is 151 cm³/mol. The molecule has 0 bridgehead atoms. The van der Waals surface area contributed by atoms with Crippen LogP contribution in [0.5, 0.6) is 0 Å². The minimum atomic E-state index is 0.652. The highest BCUT2D eigenvalue weighted by molar-refractivity contribution is 5.54. The molecular weight excluding hydrogens is 416 g/mol. The van der Waals surface area contributed by atoms with Gasteiger partial charge in [-0.1, -0.05) is 82.7 Å². The summed E-state index contributed by atoms with van der Waals surface area (Å²) in [6, 6.07) is 12.3. The number of hydrogen-bond acceptors (Lipinski definition) is 3. The third kappa shape index (κ3) is 9.68. The first kappa shape index (κ1) is 30.6. The number of rotatable bonds is 8. The van der Waals surface area contributed by atoms with Gasteiger partial charge < -0.3 is 15.0 Å². The number of allylic oxidation sites excluding steroid dienone is 1. The molecule has 3 aliphatic rings. The van der Waals surface area contributed by atoms with Gasteiger partial charge >= 0.3 is 0 Å². The Morgan fingerprint density at radius 3 is 2.24 bits per heavy atom. The maximum Gasteiger partial charge on any atom is 0.0589 e. The molecule has 1 aliphatic heterocycles. The van der Waals surface area contributed by atoms with Crippen LogP contribution >= 0.6 is 0 Å². The van der Waals surface area contributed by atoms with Crippen molar-refractivity contribution < 1.29 is 4.74 Å². The molecular formula is C31H54N2O. The van der Waals surface area contributed by atoms with Crippen molar-refractivity contribution in [1.82, 2.24) is 10.2 Å². The van der Waals surface area contributed by atoms with E-state index in [2.05, 4.69) is 60.1 Å². The number of likely N-dealkylation sites (tertiary alicyclic amines) is 1. The molecule has 3 heteroatoms. The molecule has 4 rings (SSSR count). The second kappa shape index (κ2) is 17.1. The molecule has 1 aromatic rings. The molecule has 0 aromatic heterocycles. The zero-order valence-electron chi connectivity index (χ0n) is 23.4. The van der Waals surface area contributed by atoms with E-state index >= 15 is 0 Å². The standard InChI is InChI=1S/C24H36N2O.C3H6.2C2H6/c1-3-20(15-19-7-5-4-6-8-19)22-16-23(22)25-21-17-24(18-21)9-11-26(12-10-24)13-14-27-2;1-3-2;2*1-2/h4-8,15,21-23,25H,3,9-14,16-18H2,1-2H3;3H,1H2,2H3;2*1-2H3/b20-15+;;;/t22-,23+;;;/m0.../s1. The van der Waals surface area contributed by atoms with E-state index in [9.17, 15) is 0 Å². The molecule has 1 spiro atoms. The van der Waals surface area contributed by atoms with Gasteiger partial charge in [-0.25, -0.2) is 0 Å². The SMILES string of the molecule is C=CC.CC.CC.CC/C(=C\c1ccccc1)[C@@H]1C[C@H]1NC1CC2(CCN(CCOC)CC2)C1. The Labute approximate surface area is 212 Å². The summed E-state index contributed by atoms with van der Waals surface area (Å²) in [7, 11) is 1.80. The van der Waals surface area contributed by atoms with Gasteiger partial charge in [0.05, 0.1) is 6.61 Å². The maximum atomic E-state index is 5.22. The Bertz CT molecular complexity index is 668. The first-order valence-corrected chi connectivity index (χ1v) is 13.9. The minimum Gasteiger partial charge on any atom is -0.383 e. The Balaban J connectivity index is 0.000000750. The van der Waals surface area contributed by atoms with Crippen molar-refractivity contribution in [2.75, 3.05) is 33.4 Å². The molecule has 0 amide bonds. The minimum absolute atomic E-state index is 0.652. The summed E-state index contributed by atoms with van der Waals surface area (Å²) in [5.41, 5.74) is 3.63. The molecule has 2 atom stereocenters. The van der Waals surface area contributed by atoms with E-state index in [1.807, 2.05) is 34.6 Å². The van der Waals surface area contributed by atoms with Crippen LogP contribution in [0.2, 0.25) is 0 Å². The predicted octanol–water partition coefficient (Wildman–Crippen LogP) is 7.59. The number of hydrogen-bond donors (Lipinski definition) is 1. The maximum absolute atomic E-state index is 5.22. The molecule has 1 heterocycles. The normalized spacial score (nSPS) is 23.2. The molecule has 3 nitrogen and oxygen atoms in total. The summed E-state index contributed by atoms with van der Waals surface area (Å²) in [6.07, 6.45) is 12.2. The fourth-order valence-electron chi connectivity index (χ4n) is 5.31. The summed E-state index contributed by atoms with van der Waals surface area (Å²) in [5.74, 6) is 0.766. The van der Waals surface area contributed by atoms with E-state index in [1.165, 1.54) is 57.2 Å². The highest BCUT2D eigenvalue weighted by atomic mass is 16.5. The topological polar surface area (TPSA) is 24.5 Å². The van der Waals surface area contributed by atoms with Gasteiger partial charge in [0.15, 0.2) is 0 Å². The van der Waals surface area contributed by atoms with Gasteiger partial charge in [-0.2, -0.15) is 0 Å². The van der Waals surface area contributed by atoms with Gasteiger partial charge in [0.1, 0.15) is 0 Å². The van der Waals surface area contributed by atoms with E-state index < -0.39 is 0 Å². The Morgan fingerprint density at radius 1 is 1.12 bits per heavy atom. The Morgan fingerprint density at radius 2 is 1.71 bits per heavy atom. The van der Waals surface area contributed by atoms with Crippen LogP contribution in [-0.4, -0.2) is 50.3 Å². The first-order valence-electron chi connectivity index (χ1n) is 13.9. The zero-order chi connectivity index (χ0) is 25.4. The summed E-state index contributed by atoms with van der Waals surface area (Å²) in [5, 5.41) is 3.98. The monoisotopic (exact) mass is 470 g/mol. The second-order valence-electron chi connectivity index (χ2n) is 9.45. The summed E-state index contributed by atoms with van der Waals surface area (Å²) in [4.78, 5) is 2.58. The molecule has 34 heavy (non-hydrogen) atoms. The van der Waals surface area contributed by atoms with Crippen molar-refractivity contribution in [2.24, 2.45) is 11.3 Å². The van der Waals surface area contributed by atoms with E-state index in [1.54, 1.807) is 18.8 Å². The number of nitrogens with one attached hydrogen (secondary N) is 1. The van der Waals surface area contributed by atoms with Gasteiger partial charge in [-0.3, -0.25) is 0 Å². The van der Waals surface area contributed by atoms with Gasteiger partial charge in [-0.05, 0) is 75.4 Å². The van der Waals surface area contributed by atoms with E-state index in [0.717, 1.165) is 31.2 Å². The molecule has 0 unspecified atom stereocenters. The fraction of sp³-hybridized carbons (Fsp3) is 0.677. The lowest BCUT2D eigenvalue weighted by molar-refractivity contribution is -0.000607. The number of nitrogens with zero attached hydrogens (tertiary/aromatic N) is 1. The van der Waals surface area contributed by atoms with Crippen molar-refractivity contribution in [3.63, 3.8) is 0 Å². The highest BCUT2D eigenvalue weighted by Gasteiger charge is 2.49. The Hall–Kier alpha value is -1.42. The zero-order valence-corrected chi connectivity index (χ0v) is 23.4. The van der Waals surface area contributed by atoms with E-state index in [0.29, 0.717) is 5.41 Å². The number of piperidine rings is 1. The second-order valence-corrected chi connectivity index (χ2v) is 9.45. The highest BCUT2D eigenvalue weighted by Crippen LogP contribution is 2.50. The number of methoxy groups -OCH3 is 1. The fourth-order valence-corrected chi connectivity index (χ4v) is 5.31. The van der Waals surface area contributed by atoms with Crippen LogP contribution in [0.3, 0.4) is 0 Å². The van der Waals surface area contributed by atoms with Gasteiger partial charge in [0.2, 0.25) is 0 Å². The largest absolute Gasteiger partial charge is 0.383 e. The first-order chi connectivity index (χ1) is 16.6. The molecule has 1 aromatic carbocycles. The third-order valence-electron chi connectivity index (χ3n) is 7.16. The van der Waals surface area contributed by atoms with Crippen molar-refractivity contribution in [1.29, 1.82) is 0 Å². The molecule has 2 aliphatic carbocycles. The van der Waals surface area contributed by atoms with Crippen molar-refractivity contribution >= 4 is 6.08 Å². The van der Waals surface area contributed by atoms with Crippen LogP contribution in [0.15, 0.2) is 48.6 Å². The molecule has 3 fully saturated rings. The molecule has 0 radical (unpaired) electrons. The number of ether oxygens (including phenoxy) is 1. The average molecular weight is 471 g/mol. The van der Waals surface area contributed by atoms with Crippen molar-refractivity contribution in [3.05, 3.63) is 54.1 Å². The quantitative estimate of drug-likeness (QED) is 0.396. The summed E-state index contributed by atoms with van der Waals surface area (Å²) in [6.45, 7) is 20.1. The van der Waals surface area contributed by atoms with Crippen LogP contribution < -0.4 is 5.32 Å².